The number of benzene rings is 1. The van der Waals surface area contributed by atoms with E-state index in [0.29, 0.717) is 5.78 Å². The van der Waals surface area contributed by atoms with Gasteiger partial charge < -0.3 is 0 Å². The molecule has 17 heavy (non-hydrogen) atoms. The first-order valence-electron chi connectivity index (χ1n) is 5.77. The van der Waals surface area contributed by atoms with E-state index in [1.165, 1.54) is 14.3 Å². The summed E-state index contributed by atoms with van der Waals surface area (Å²) in [5.41, 5.74) is 0. The fourth-order valence-corrected chi connectivity index (χ4v) is 3.78. The minimum absolute atomic E-state index is 0.212. The topological polar surface area (TPSA) is 17.1 Å². The molecule has 90 valence electrons. The fraction of sp³-hybridized carbons (Fsp3) is 0.357. The Kier molecular flexibility index (Phi) is 4.46. The second-order valence-electron chi connectivity index (χ2n) is 4.29. The van der Waals surface area contributed by atoms with Crippen molar-refractivity contribution in [3.8, 4) is 0 Å². The molecule has 1 unspecified atom stereocenters. The van der Waals surface area contributed by atoms with E-state index in [1.54, 1.807) is 6.92 Å². The predicted molar refractivity (Wildman–Crippen MR) is 76.3 cm³/mol. The summed E-state index contributed by atoms with van der Waals surface area (Å²) in [6.07, 6.45) is 2.86. The molecule has 1 aromatic carbocycles. The quantitative estimate of drug-likeness (QED) is 0.799. The third kappa shape index (κ3) is 3.46. The van der Waals surface area contributed by atoms with Gasteiger partial charge in [0.1, 0.15) is 5.78 Å². The minimum atomic E-state index is 0.212. The van der Waals surface area contributed by atoms with Gasteiger partial charge in [-0.25, -0.2) is 0 Å². The summed E-state index contributed by atoms with van der Waals surface area (Å²) in [7, 11) is 0. The molecule has 3 heteroatoms. The summed E-state index contributed by atoms with van der Waals surface area (Å²) in [5, 5.41) is 0. The van der Waals surface area contributed by atoms with Gasteiger partial charge in [-0.1, -0.05) is 45.9 Å². The fourth-order valence-electron chi connectivity index (χ4n) is 1.96. The van der Waals surface area contributed by atoms with Crippen molar-refractivity contribution in [3.63, 3.8) is 0 Å². The van der Waals surface area contributed by atoms with E-state index in [2.05, 4.69) is 40.2 Å². The van der Waals surface area contributed by atoms with Crippen LogP contribution in [0.15, 0.2) is 44.6 Å². The third-order valence-electron chi connectivity index (χ3n) is 3.01. The molecule has 0 heterocycles. The van der Waals surface area contributed by atoms with Crippen LogP contribution < -0.4 is 0 Å². The van der Waals surface area contributed by atoms with Crippen LogP contribution in [-0.2, 0) is 4.79 Å². The Morgan fingerprint density at radius 1 is 1.35 bits per heavy atom. The van der Waals surface area contributed by atoms with Gasteiger partial charge in [0.15, 0.2) is 0 Å². The second-order valence-corrected chi connectivity index (χ2v) is 6.42. The van der Waals surface area contributed by atoms with Gasteiger partial charge in [-0.2, -0.15) is 0 Å². The normalized spacial score (nSPS) is 20.5. The molecule has 0 fully saturated rings. The maximum atomic E-state index is 11.4. The predicted octanol–water partition coefficient (Wildman–Crippen LogP) is 4.77. The van der Waals surface area contributed by atoms with E-state index < -0.39 is 0 Å². The van der Waals surface area contributed by atoms with E-state index in [-0.39, 0.29) is 5.92 Å². The average Bonchev–Trinajstić information content (AvgIpc) is 2.33. The number of hydrogen-bond acceptors (Lipinski definition) is 2. The van der Waals surface area contributed by atoms with E-state index in [0.717, 1.165) is 19.3 Å². The van der Waals surface area contributed by atoms with Gasteiger partial charge in [0.25, 0.3) is 0 Å². The zero-order valence-corrected chi connectivity index (χ0v) is 12.2. The molecular formula is C14H15BrOS. The Balaban J connectivity index is 2.07. The summed E-state index contributed by atoms with van der Waals surface area (Å²) >= 11 is 5.44. The summed E-state index contributed by atoms with van der Waals surface area (Å²) < 4.78 is 1.21. The molecule has 1 aliphatic carbocycles. The Labute approximate surface area is 115 Å². The highest BCUT2D eigenvalue weighted by Crippen LogP contribution is 2.41. The van der Waals surface area contributed by atoms with Crippen molar-refractivity contribution in [2.24, 2.45) is 5.92 Å². The number of hydrogen-bond donors (Lipinski definition) is 0. The molecule has 0 spiro atoms. The summed E-state index contributed by atoms with van der Waals surface area (Å²) in [5.74, 6) is 0.523. The molecule has 0 aliphatic heterocycles. The molecule has 1 aromatic rings. The van der Waals surface area contributed by atoms with E-state index in [1.807, 2.05) is 17.8 Å². The number of carbonyl (C=O) groups is 1. The molecule has 1 aliphatic rings. The lowest BCUT2D eigenvalue weighted by Crippen LogP contribution is -2.14. The molecule has 0 radical (unpaired) electrons. The lowest BCUT2D eigenvalue weighted by Gasteiger charge is -2.22. The number of Topliss-reactive ketones (excluding diaryl/α,β-unsaturated/α-hetero) is 1. The smallest absolute Gasteiger partial charge is 0.133 e. The van der Waals surface area contributed by atoms with Gasteiger partial charge in [0, 0.05) is 15.3 Å². The van der Waals surface area contributed by atoms with Crippen LogP contribution in [0, 0.1) is 5.92 Å². The highest BCUT2D eigenvalue weighted by atomic mass is 79.9. The van der Waals surface area contributed by atoms with Crippen LogP contribution in [0.1, 0.15) is 26.2 Å². The number of ketones is 1. The lowest BCUT2D eigenvalue weighted by atomic mass is 9.91. The molecule has 0 saturated carbocycles. The first-order valence-corrected chi connectivity index (χ1v) is 7.38. The van der Waals surface area contributed by atoms with Crippen LogP contribution >= 0.6 is 27.7 Å². The van der Waals surface area contributed by atoms with Gasteiger partial charge >= 0.3 is 0 Å². The van der Waals surface area contributed by atoms with E-state index in [4.69, 9.17) is 0 Å². The molecule has 0 saturated heterocycles. The number of carbonyl (C=O) groups excluding carboxylic acids is 1. The molecule has 1 nitrogen and oxygen atoms in total. The second kappa shape index (κ2) is 5.87. The molecule has 0 N–H and O–H groups in total. The van der Waals surface area contributed by atoms with Crippen LogP contribution in [0.5, 0.6) is 0 Å². The maximum absolute atomic E-state index is 11.4. The standard InChI is InChI=1S/C14H15BrOS/c1-10(16)11-7-8-14(13(15)9-11)17-12-5-3-2-4-6-12/h2-6,11H,7-9H2,1H3. The SMILES string of the molecule is CC(=O)C1CCC(Sc2ccccc2)=C(Br)C1. The zero-order valence-electron chi connectivity index (χ0n) is 9.78. The first kappa shape index (κ1) is 12.9. The van der Waals surface area contributed by atoms with Crippen LogP contribution in [0.4, 0.5) is 0 Å². The van der Waals surface area contributed by atoms with Crippen molar-refractivity contribution < 1.29 is 4.79 Å². The zero-order chi connectivity index (χ0) is 12.3. The molecule has 0 aromatic heterocycles. The number of allylic oxidation sites excluding steroid dienone is 2. The molecule has 0 bridgehead atoms. The van der Waals surface area contributed by atoms with Gasteiger partial charge in [0.05, 0.1) is 0 Å². The number of thioether (sulfide) groups is 1. The van der Waals surface area contributed by atoms with Gasteiger partial charge in [-0.3, -0.25) is 4.79 Å². The number of rotatable bonds is 3. The van der Waals surface area contributed by atoms with E-state index >= 15 is 0 Å². The van der Waals surface area contributed by atoms with Crippen LogP contribution in [0.2, 0.25) is 0 Å². The Bertz CT molecular complexity index is 439. The molecule has 2 rings (SSSR count). The number of halogens is 1. The highest BCUT2D eigenvalue weighted by Gasteiger charge is 2.23. The Morgan fingerprint density at radius 3 is 2.65 bits per heavy atom. The van der Waals surface area contributed by atoms with Crippen molar-refractivity contribution in [3.05, 3.63) is 39.7 Å². The van der Waals surface area contributed by atoms with Crippen molar-refractivity contribution in [2.75, 3.05) is 0 Å². The molecule has 1 atom stereocenters. The van der Waals surface area contributed by atoms with Crippen LogP contribution in [-0.4, -0.2) is 5.78 Å². The summed E-state index contributed by atoms with van der Waals surface area (Å²) in [6.45, 7) is 1.69. The van der Waals surface area contributed by atoms with Crippen molar-refractivity contribution >= 4 is 33.5 Å². The average molecular weight is 311 g/mol. The maximum Gasteiger partial charge on any atom is 0.133 e. The summed E-state index contributed by atoms with van der Waals surface area (Å²) in [6, 6.07) is 10.4. The first-order chi connectivity index (χ1) is 8.16. The lowest BCUT2D eigenvalue weighted by molar-refractivity contribution is -0.120. The molecular weight excluding hydrogens is 296 g/mol. The van der Waals surface area contributed by atoms with Crippen LogP contribution in [0.3, 0.4) is 0 Å². The van der Waals surface area contributed by atoms with Crippen LogP contribution in [0.25, 0.3) is 0 Å². The monoisotopic (exact) mass is 310 g/mol. The largest absolute Gasteiger partial charge is 0.300 e. The van der Waals surface area contributed by atoms with Gasteiger partial charge in [0.2, 0.25) is 0 Å². The summed E-state index contributed by atoms with van der Waals surface area (Å²) in [4.78, 5) is 14.0. The Hall–Kier alpha value is -0.540. The van der Waals surface area contributed by atoms with Crippen molar-refractivity contribution in [1.29, 1.82) is 0 Å². The van der Waals surface area contributed by atoms with Crippen molar-refractivity contribution in [2.45, 2.75) is 31.1 Å². The Morgan fingerprint density at radius 2 is 2.06 bits per heavy atom. The minimum Gasteiger partial charge on any atom is -0.300 e. The molecule has 0 amide bonds. The van der Waals surface area contributed by atoms with Crippen molar-refractivity contribution in [1.82, 2.24) is 0 Å². The van der Waals surface area contributed by atoms with E-state index in [9.17, 15) is 4.79 Å². The van der Waals surface area contributed by atoms with Gasteiger partial charge in [-0.15, -0.1) is 0 Å². The highest BCUT2D eigenvalue weighted by molar-refractivity contribution is 9.11. The van der Waals surface area contributed by atoms with Gasteiger partial charge in [-0.05, 0) is 43.2 Å². The third-order valence-corrected chi connectivity index (χ3v) is 5.28.